The highest BCUT2D eigenvalue weighted by molar-refractivity contribution is 7.99. The van der Waals surface area contributed by atoms with Gasteiger partial charge in [0.2, 0.25) is 0 Å². The van der Waals surface area contributed by atoms with Gasteiger partial charge in [0.15, 0.2) is 0 Å². The highest BCUT2D eigenvalue weighted by Gasteiger charge is 2.26. The number of thioether (sulfide) groups is 1. The summed E-state index contributed by atoms with van der Waals surface area (Å²) in [4.78, 5) is 0. The molecule has 2 atom stereocenters. The predicted octanol–water partition coefficient (Wildman–Crippen LogP) is 2.06. The minimum absolute atomic E-state index is 0.319. The summed E-state index contributed by atoms with van der Waals surface area (Å²) in [5.74, 6) is 3.21. The summed E-state index contributed by atoms with van der Waals surface area (Å²) in [6.45, 7) is 0. The molecule has 4 heteroatoms. The summed E-state index contributed by atoms with van der Waals surface area (Å²) in [5.41, 5.74) is 7.33. The van der Waals surface area contributed by atoms with E-state index in [0.717, 1.165) is 29.2 Å². The third-order valence-electron chi connectivity index (χ3n) is 3.02. The Bertz CT molecular complexity index is 364. The molecule has 3 nitrogen and oxygen atoms in total. The molecule has 0 spiro atoms. The van der Waals surface area contributed by atoms with Crippen molar-refractivity contribution in [2.75, 3.05) is 24.3 Å². The number of rotatable bonds is 3. The first-order valence-corrected chi connectivity index (χ1v) is 6.57. The average Bonchev–Trinajstić information content (AvgIpc) is 2.82. The van der Waals surface area contributed by atoms with Crippen LogP contribution < -0.4 is 10.5 Å². The van der Waals surface area contributed by atoms with Crippen molar-refractivity contribution in [2.24, 2.45) is 5.92 Å². The second-order valence-electron chi connectivity index (χ2n) is 4.06. The van der Waals surface area contributed by atoms with Crippen LogP contribution in [-0.4, -0.2) is 23.7 Å². The van der Waals surface area contributed by atoms with Crippen LogP contribution in [0.2, 0.25) is 0 Å². The van der Waals surface area contributed by atoms with Crippen LogP contribution in [0.5, 0.6) is 5.75 Å². The van der Waals surface area contributed by atoms with E-state index in [4.69, 9.17) is 10.5 Å². The largest absolute Gasteiger partial charge is 0.497 e. The molecule has 0 aliphatic carbocycles. The molecule has 2 unspecified atom stereocenters. The molecule has 1 aromatic rings. The molecule has 3 N–H and O–H groups in total. The second-order valence-corrected chi connectivity index (χ2v) is 5.21. The van der Waals surface area contributed by atoms with Gasteiger partial charge in [-0.15, -0.1) is 0 Å². The molecule has 16 heavy (non-hydrogen) atoms. The molecule has 0 bridgehead atoms. The number of hydrogen-bond acceptors (Lipinski definition) is 4. The maximum Gasteiger partial charge on any atom is 0.119 e. The lowest BCUT2D eigenvalue weighted by atomic mass is 9.94. The van der Waals surface area contributed by atoms with Crippen molar-refractivity contribution in [3.8, 4) is 5.75 Å². The second kappa shape index (κ2) is 4.97. The Balaban J connectivity index is 2.23. The molecular weight excluding hydrogens is 222 g/mol. The fourth-order valence-electron chi connectivity index (χ4n) is 1.99. The summed E-state index contributed by atoms with van der Waals surface area (Å²) in [5, 5.41) is 10.3. The van der Waals surface area contributed by atoms with Gasteiger partial charge >= 0.3 is 0 Å². The van der Waals surface area contributed by atoms with Gasteiger partial charge in [-0.3, -0.25) is 0 Å². The number of ether oxygens (including phenoxy) is 1. The van der Waals surface area contributed by atoms with Crippen LogP contribution in [0.4, 0.5) is 5.69 Å². The van der Waals surface area contributed by atoms with E-state index in [-0.39, 0.29) is 0 Å². The van der Waals surface area contributed by atoms with E-state index in [0.29, 0.717) is 11.6 Å². The predicted molar refractivity (Wildman–Crippen MR) is 67.8 cm³/mol. The lowest BCUT2D eigenvalue weighted by molar-refractivity contribution is 0.122. The third-order valence-corrected chi connectivity index (χ3v) is 4.21. The lowest BCUT2D eigenvalue weighted by Crippen LogP contribution is -2.13. The zero-order valence-electron chi connectivity index (χ0n) is 9.35. The molecule has 1 aliphatic rings. The van der Waals surface area contributed by atoms with Crippen LogP contribution in [-0.2, 0) is 0 Å². The van der Waals surface area contributed by atoms with Gasteiger partial charge in [-0.05, 0) is 42.0 Å². The molecule has 1 heterocycles. The Morgan fingerprint density at radius 3 is 3.00 bits per heavy atom. The number of aliphatic hydroxyl groups excluding tert-OH is 1. The van der Waals surface area contributed by atoms with Crippen molar-refractivity contribution in [3.05, 3.63) is 23.8 Å². The van der Waals surface area contributed by atoms with E-state index in [2.05, 4.69) is 0 Å². The first-order chi connectivity index (χ1) is 7.72. The Morgan fingerprint density at radius 1 is 1.56 bits per heavy atom. The Morgan fingerprint density at radius 2 is 2.38 bits per heavy atom. The van der Waals surface area contributed by atoms with Crippen LogP contribution >= 0.6 is 11.8 Å². The van der Waals surface area contributed by atoms with Crippen molar-refractivity contribution in [2.45, 2.75) is 12.5 Å². The van der Waals surface area contributed by atoms with E-state index in [1.54, 1.807) is 13.2 Å². The first kappa shape index (κ1) is 11.6. The van der Waals surface area contributed by atoms with Gasteiger partial charge in [0.25, 0.3) is 0 Å². The van der Waals surface area contributed by atoms with Gasteiger partial charge in [-0.1, -0.05) is 0 Å². The number of anilines is 1. The molecule has 1 aromatic carbocycles. The zero-order valence-corrected chi connectivity index (χ0v) is 10.2. The van der Waals surface area contributed by atoms with E-state index in [1.807, 2.05) is 23.9 Å². The Labute approximate surface area is 100.0 Å². The van der Waals surface area contributed by atoms with Gasteiger partial charge in [0.05, 0.1) is 13.2 Å². The van der Waals surface area contributed by atoms with E-state index in [1.165, 1.54) is 0 Å². The van der Waals surface area contributed by atoms with Crippen molar-refractivity contribution in [3.63, 3.8) is 0 Å². The molecule has 1 saturated heterocycles. The molecule has 0 radical (unpaired) electrons. The molecule has 88 valence electrons. The van der Waals surface area contributed by atoms with Gasteiger partial charge in [-0.2, -0.15) is 11.8 Å². The summed E-state index contributed by atoms with van der Waals surface area (Å²) in [6, 6.07) is 5.44. The van der Waals surface area contributed by atoms with Gasteiger partial charge in [-0.25, -0.2) is 0 Å². The highest BCUT2D eigenvalue weighted by atomic mass is 32.2. The SMILES string of the molecule is COc1ccc(N)c(C(O)C2CCSC2)c1. The quantitative estimate of drug-likeness (QED) is 0.793. The molecule has 1 aliphatic heterocycles. The van der Waals surface area contributed by atoms with Crippen LogP contribution in [0.15, 0.2) is 18.2 Å². The summed E-state index contributed by atoms with van der Waals surface area (Å²) in [7, 11) is 1.62. The smallest absolute Gasteiger partial charge is 0.119 e. The summed E-state index contributed by atoms with van der Waals surface area (Å²) < 4.78 is 5.15. The number of nitrogens with two attached hydrogens (primary N) is 1. The molecular formula is C12H17NO2S. The van der Waals surface area contributed by atoms with Gasteiger partial charge in [0, 0.05) is 11.3 Å². The van der Waals surface area contributed by atoms with E-state index in [9.17, 15) is 5.11 Å². The van der Waals surface area contributed by atoms with Crippen molar-refractivity contribution >= 4 is 17.4 Å². The van der Waals surface area contributed by atoms with Crippen LogP contribution in [0.3, 0.4) is 0 Å². The van der Waals surface area contributed by atoms with Crippen LogP contribution in [0.25, 0.3) is 0 Å². The summed E-state index contributed by atoms with van der Waals surface area (Å²) in [6.07, 6.45) is 0.591. The molecule has 0 aromatic heterocycles. The number of methoxy groups -OCH3 is 1. The monoisotopic (exact) mass is 239 g/mol. The minimum Gasteiger partial charge on any atom is -0.497 e. The van der Waals surface area contributed by atoms with Crippen molar-refractivity contribution < 1.29 is 9.84 Å². The van der Waals surface area contributed by atoms with Crippen LogP contribution in [0.1, 0.15) is 18.1 Å². The number of hydrogen-bond donors (Lipinski definition) is 2. The zero-order chi connectivity index (χ0) is 11.5. The van der Waals surface area contributed by atoms with Crippen molar-refractivity contribution in [1.29, 1.82) is 0 Å². The lowest BCUT2D eigenvalue weighted by Gasteiger charge is -2.19. The number of nitrogen functional groups attached to an aromatic ring is 1. The molecule has 1 fully saturated rings. The Hall–Kier alpha value is -0.870. The minimum atomic E-state index is -0.468. The molecule has 2 rings (SSSR count). The van der Waals surface area contributed by atoms with Crippen molar-refractivity contribution in [1.82, 2.24) is 0 Å². The third kappa shape index (κ3) is 2.28. The van der Waals surface area contributed by atoms with E-state index < -0.39 is 6.10 Å². The average molecular weight is 239 g/mol. The normalized spacial score (nSPS) is 22.0. The first-order valence-electron chi connectivity index (χ1n) is 5.41. The Kier molecular flexibility index (Phi) is 3.61. The standard InChI is InChI=1S/C12H17NO2S/c1-15-9-2-3-11(13)10(6-9)12(14)8-4-5-16-7-8/h2-3,6,8,12,14H,4-5,7,13H2,1H3. The van der Waals surface area contributed by atoms with E-state index >= 15 is 0 Å². The van der Waals surface area contributed by atoms with Crippen LogP contribution in [0, 0.1) is 5.92 Å². The van der Waals surface area contributed by atoms with Gasteiger partial charge < -0.3 is 15.6 Å². The topological polar surface area (TPSA) is 55.5 Å². The maximum atomic E-state index is 10.3. The summed E-state index contributed by atoms with van der Waals surface area (Å²) >= 11 is 1.89. The molecule has 0 amide bonds. The maximum absolute atomic E-state index is 10.3. The molecule has 0 saturated carbocycles. The fraction of sp³-hybridized carbons (Fsp3) is 0.500. The highest BCUT2D eigenvalue weighted by Crippen LogP contribution is 2.37. The number of benzene rings is 1. The number of aliphatic hydroxyl groups is 1. The van der Waals surface area contributed by atoms with Gasteiger partial charge in [0.1, 0.15) is 5.75 Å². The fourth-order valence-corrected chi connectivity index (χ4v) is 3.28.